The molecule has 0 radical (unpaired) electrons. The second kappa shape index (κ2) is 5.79. The number of hydrogen-bond acceptors (Lipinski definition) is 5. The third-order valence-electron chi connectivity index (χ3n) is 2.38. The van der Waals surface area contributed by atoms with Crippen molar-refractivity contribution in [2.24, 2.45) is 0 Å². The maximum absolute atomic E-state index is 11.9. The van der Waals surface area contributed by atoms with Crippen molar-refractivity contribution in [2.45, 2.75) is 20.3 Å². The molecular formula is C12H13ClN4O2. The molecule has 0 unspecified atom stereocenters. The minimum absolute atomic E-state index is 0.205. The molecule has 0 saturated carbocycles. The smallest absolute Gasteiger partial charge is 0.251 e. The highest BCUT2D eigenvalue weighted by Gasteiger charge is 2.08. The summed E-state index contributed by atoms with van der Waals surface area (Å²) in [6, 6.07) is 3.21. The Labute approximate surface area is 115 Å². The fraction of sp³-hybridized carbons (Fsp3) is 0.333. The number of rotatable bonds is 4. The molecular weight excluding hydrogens is 268 g/mol. The van der Waals surface area contributed by atoms with Crippen LogP contribution < -0.4 is 5.32 Å². The monoisotopic (exact) mass is 280 g/mol. The average molecular weight is 281 g/mol. The van der Waals surface area contributed by atoms with Crippen LogP contribution in [0.15, 0.2) is 16.7 Å². The quantitative estimate of drug-likeness (QED) is 0.862. The number of nitrogens with zero attached hydrogens (tertiary/aromatic N) is 3. The first-order valence-corrected chi connectivity index (χ1v) is 6.14. The van der Waals surface area contributed by atoms with Gasteiger partial charge < -0.3 is 9.84 Å². The highest BCUT2D eigenvalue weighted by atomic mass is 35.5. The summed E-state index contributed by atoms with van der Waals surface area (Å²) in [5, 5.41) is 6.73. The number of hydrogen-bond donors (Lipinski definition) is 1. The first kappa shape index (κ1) is 13.5. The van der Waals surface area contributed by atoms with Crippen molar-refractivity contribution in [2.75, 3.05) is 6.54 Å². The lowest BCUT2D eigenvalue weighted by molar-refractivity contribution is 0.0953. The van der Waals surface area contributed by atoms with E-state index in [-0.39, 0.29) is 5.91 Å². The van der Waals surface area contributed by atoms with Crippen LogP contribution in [0, 0.1) is 13.8 Å². The van der Waals surface area contributed by atoms with Crippen molar-refractivity contribution in [3.05, 3.63) is 40.3 Å². The van der Waals surface area contributed by atoms with Crippen LogP contribution in [0.2, 0.25) is 5.15 Å². The number of amides is 1. The van der Waals surface area contributed by atoms with E-state index in [4.69, 9.17) is 16.1 Å². The van der Waals surface area contributed by atoms with Crippen LogP contribution in [0.3, 0.4) is 0 Å². The molecule has 1 N–H and O–H groups in total. The maximum atomic E-state index is 11.9. The molecule has 7 heteroatoms. The van der Waals surface area contributed by atoms with E-state index in [1.54, 1.807) is 19.9 Å². The van der Waals surface area contributed by atoms with Crippen molar-refractivity contribution in [3.8, 4) is 0 Å². The zero-order valence-electron chi connectivity index (χ0n) is 10.6. The van der Waals surface area contributed by atoms with Gasteiger partial charge in [0.05, 0.1) is 0 Å². The molecule has 19 heavy (non-hydrogen) atoms. The third-order valence-corrected chi connectivity index (χ3v) is 2.57. The van der Waals surface area contributed by atoms with Crippen LogP contribution in [-0.2, 0) is 6.42 Å². The van der Waals surface area contributed by atoms with Gasteiger partial charge in [0.1, 0.15) is 5.15 Å². The van der Waals surface area contributed by atoms with Crippen molar-refractivity contribution < 1.29 is 9.32 Å². The second-order valence-corrected chi connectivity index (χ2v) is 4.45. The average Bonchev–Trinajstić information content (AvgIpc) is 2.73. The summed E-state index contributed by atoms with van der Waals surface area (Å²) in [4.78, 5) is 19.9. The Kier molecular flexibility index (Phi) is 4.11. The Morgan fingerprint density at radius 2 is 2.16 bits per heavy atom. The Bertz CT molecular complexity index is 577. The molecule has 0 atom stereocenters. The van der Waals surface area contributed by atoms with Gasteiger partial charge in [-0.15, -0.1) is 0 Å². The number of aromatic nitrogens is 3. The number of carbonyl (C=O) groups excluding carboxylic acids is 1. The third kappa shape index (κ3) is 3.75. The topological polar surface area (TPSA) is 80.9 Å². The molecule has 0 fully saturated rings. The summed E-state index contributed by atoms with van der Waals surface area (Å²) in [5.74, 6) is 0.878. The van der Waals surface area contributed by atoms with Gasteiger partial charge in [-0.3, -0.25) is 4.79 Å². The summed E-state index contributed by atoms with van der Waals surface area (Å²) in [6.45, 7) is 3.94. The summed E-state index contributed by atoms with van der Waals surface area (Å²) in [6.07, 6.45) is 0.490. The Morgan fingerprint density at radius 3 is 2.79 bits per heavy atom. The number of nitrogens with one attached hydrogen (secondary N) is 1. The SMILES string of the molecule is Cc1cc(C(=O)NCCc2nc(C)no2)cc(Cl)n1. The van der Waals surface area contributed by atoms with E-state index in [0.717, 1.165) is 0 Å². The largest absolute Gasteiger partial charge is 0.352 e. The molecule has 0 aliphatic carbocycles. The first-order chi connectivity index (χ1) is 9.04. The minimum Gasteiger partial charge on any atom is -0.352 e. The lowest BCUT2D eigenvalue weighted by Crippen LogP contribution is -2.26. The standard InChI is InChI=1S/C12H13ClN4O2/c1-7-5-9(6-10(13)15-7)12(18)14-4-3-11-16-8(2)17-19-11/h5-6H,3-4H2,1-2H3,(H,14,18). The van der Waals surface area contributed by atoms with Crippen LogP contribution in [0.4, 0.5) is 0 Å². The highest BCUT2D eigenvalue weighted by Crippen LogP contribution is 2.10. The minimum atomic E-state index is -0.205. The van der Waals surface area contributed by atoms with Crippen LogP contribution in [-0.4, -0.2) is 27.6 Å². The van der Waals surface area contributed by atoms with Gasteiger partial charge in [0.2, 0.25) is 5.89 Å². The number of aryl methyl sites for hydroxylation is 2. The van der Waals surface area contributed by atoms with E-state index in [0.29, 0.717) is 41.1 Å². The van der Waals surface area contributed by atoms with E-state index in [1.807, 2.05) is 0 Å². The summed E-state index contributed by atoms with van der Waals surface area (Å²) >= 11 is 5.80. The van der Waals surface area contributed by atoms with Crippen LogP contribution in [0.5, 0.6) is 0 Å². The molecule has 2 rings (SSSR count). The summed E-state index contributed by atoms with van der Waals surface area (Å²) < 4.78 is 4.95. The number of pyridine rings is 1. The molecule has 2 aromatic heterocycles. The lowest BCUT2D eigenvalue weighted by Gasteiger charge is -2.04. The first-order valence-electron chi connectivity index (χ1n) is 5.76. The Morgan fingerprint density at radius 1 is 1.37 bits per heavy atom. The van der Waals surface area contributed by atoms with Gasteiger partial charge in [0.15, 0.2) is 5.82 Å². The lowest BCUT2D eigenvalue weighted by atomic mass is 10.2. The molecule has 0 bridgehead atoms. The zero-order valence-corrected chi connectivity index (χ0v) is 11.4. The highest BCUT2D eigenvalue weighted by molar-refractivity contribution is 6.29. The van der Waals surface area contributed by atoms with E-state index < -0.39 is 0 Å². The van der Waals surface area contributed by atoms with E-state index in [1.165, 1.54) is 6.07 Å². The summed E-state index contributed by atoms with van der Waals surface area (Å²) in [7, 11) is 0. The molecule has 2 heterocycles. The van der Waals surface area contributed by atoms with E-state index >= 15 is 0 Å². The van der Waals surface area contributed by atoms with Crippen molar-refractivity contribution in [1.82, 2.24) is 20.4 Å². The van der Waals surface area contributed by atoms with E-state index in [2.05, 4.69) is 20.4 Å². The number of carbonyl (C=O) groups is 1. The summed E-state index contributed by atoms with van der Waals surface area (Å²) in [5.41, 5.74) is 1.18. The second-order valence-electron chi connectivity index (χ2n) is 4.06. The predicted molar refractivity (Wildman–Crippen MR) is 69.1 cm³/mol. The Balaban J connectivity index is 1.90. The Hall–Kier alpha value is -1.95. The van der Waals surface area contributed by atoms with Crippen LogP contribution in [0.25, 0.3) is 0 Å². The molecule has 2 aromatic rings. The molecule has 6 nitrogen and oxygen atoms in total. The molecule has 0 spiro atoms. The predicted octanol–water partition coefficient (Wildman–Crippen LogP) is 1.71. The van der Waals surface area contributed by atoms with Gasteiger partial charge in [0, 0.05) is 24.2 Å². The zero-order chi connectivity index (χ0) is 13.8. The van der Waals surface area contributed by atoms with Crippen molar-refractivity contribution in [3.63, 3.8) is 0 Å². The van der Waals surface area contributed by atoms with Gasteiger partial charge in [-0.25, -0.2) is 4.98 Å². The fourth-order valence-electron chi connectivity index (χ4n) is 1.59. The molecule has 0 aromatic carbocycles. The number of halogens is 1. The van der Waals surface area contributed by atoms with Gasteiger partial charge in [-0.05, 0) is 26.0 Å². The molecule has 100 valence electrons. The van der Waals surface area contributed by atoms with Gasteiger partial charge in [-0.2, -0.15) is 4.98 Å². The van der Waals surface area contributed by atoms with Gasteiger partial charge in [-0.1, -0.05) is 16.8 Å². The fourth-order valence-corrected chi connectivity index (χ4v) is 1.84. The van der Waals surface area contributed by atoms with Crippen LogP contribution >= 0.6 is 11.6 Å². The normalized spacial score (nSPS) is 10.5. The molecule has 1 amide bonds. The van der Waals surface area contributed by atoms with Crippen molar-refractivity contribution >= 4 is 17.5 Å². The molecule has 0 saturated heterocycles. The maximum Gasteiger partial charge on any atom is 0.251 e. The molecule has 0 aliphatic rings. The van der Waals surface area contributed by atoms with Crippen molar-refractivity contribution in [1.29, 1.82) is 0 Å². The van der Waals surface area contributed by atoms with Crippen LogP contribution in [0.1, 0.15) is 27.8 Å². The van der Waals surface area contributed by atoms with E-state index in [9.17, 15) is 4.79 Å². The van der Waals surface area contributed by atoms with Gasteiger partial charge in [0.25, 0.3) is 5.91 Å². The van der Waals surface area contributed by atoms with Gasteiger partial charge >= 0.3 is 0 Å². The molecule has 0 aliphatic heterocycles.